The van der Waals surface area contributed by atoms with E-state index in [9.17, 15) is 9.18 Å². The van der Waals surface area contributed by atoms with Gasteiger partial charge in [0.2, 0.25) is 0 Å². The molecule has 0 spiro atoms. The highest BCUT2D eigenvalue weighted by Gasteiger charge is 2.44. The zero-order valence-corrected chi connectivity index (χ0v) is 13.5. The minimum atomic E-state index is -0.468. The van der Waals surface area contributed by atoms with Crippen molar-refractivity contribution in [3.8, 4) is 11.4 Å². The largest absolute Gasteiger partial charge is 0.322 e. The number of hydrogen-bond acceptors (Lipinski definition) is 3. The minimum Gasteiger partial charge on any atom is -0.321 e. The van der Waals surface area contributed by atoms with Gasteiger partial charge in [0, 0.05) is 25.3 Å². The van der Waals surface area contributed by atoms with Crippen molar-refractivity contribution in [3.63, 3.8) is 0 Å². The predicted octanol–water partition coefficient (Wildman–Crippen LogP) is 3.85. The Hall–Kier alpha value is -2.50. The second kappa shape index (κ2) is 5.85. The lowest BCUT2D eigenvalue weighted by Gasteiger charge is -2.44. The van der Waals surface area contributed by atoms with Crippen molar-refractivity contribution in [3.05, 3.63) is 42.0 Å². The number of amides is 2. The van der Waals surface area contributed by atoms with Gasteiger partial charge in [-0.25, -0.2) is 19.2 Å². The summed E-state index contributed by atoms with van der Waals surface area (Å²) >= 11 is 0. The number of benzene rings is 1. The van der Waals surface area contributed by atoms with Crippen LogP contribution < -0.4 is 5.32 Å². The highest BCUT2D eigenvalue weighted by molar-refractivity contribution is 5.91. The fourth-order valence-electron chi connectivity index (χ4n) is 3.71. The Morgan fingerprint density at radius 1 is 1.33 bits per heavy atom. The summed E-state index contributed by atoms with van der Waals surface area (Å²) in [7, 11) is 0. The molecule has 1 unspecified atom stereocenters. The van der Waals surface area contributed by atoms with Crippen molar-refractivity contribution in [2.75, 3.05) is 11.9 Å². The SMILES string of the molecule is Cc1ccc(NC(=O)N2CC3CCC[C@@H]32)cc1-c1ncc(F)cn1.[HH]. The molecule has 5 nitrogen and oxygen atoms in total. The Morgan fingerprint density at radius 3 is 2.88 bits per heavy atom. The number of aryl methyl sites for hydroxylation is 1. The quantitative estimate of drug-likeness (QED) is 0.911. The van der Waals surface area contributed by atoms with Crippen LogP contribution in [0.3, 0.4) is 0 Å². The maximum Gasteiger partial charge on any atom is 0.322 e. The second-order valence-corrected chi connectivity index (χ2v) is 6.60. The lowest BCUT2D eigenvalue weighted by Crippen LogP contribution is -2.57. The van der Waals surface area contributed by atoms with Crippen molar-refractivity contribution in [1.29, 1.82) is 0 Å². The number of nitrogens with one attached hydrogen (secondary N) is 1. The topological polar surface area (TPSA) is 58.1 Å². The molecule has 1 aromatic carbocycles. The van der Waals surface area contributed by atoms with Crippen molar-refractivity contribution >= 4 is 11.7 Å². The first kappa shape index (κ1) is 15.1. The molecule has 126 valence electrons. The van der Waals surface area contributed by atoms with Gasteiger partial charge in [-0.3, -0.25) is 0 Å². The number of urea groups is 1. The summed E-state index contributed by atoms with van der Waals surface area (Å²) in [4.78, 5) is 22.4. The van der Waals surface area contributed by atoms with Gasteiger partial charge in [0.1, 0.15) is 0 Å². The van der Waals surface area contributed by atoms with Gasteiger partial charge in [-0.15, -0.1) is 0 Å². The average molecular weight is 328 g/mol. The van der Waals surface area contributed by atoms with E-state index in [1.54, 1.807) is 0 Å². The van der Waals surface area contributed by atoms with Crippen molar-refractivity contribution in [1.82, 2.24) is 14.9 Å². The summed E-state index contributed by atoms with van der Waals surface area (Å²) in [6, 6.07) is 5.98. The van der Waals surface area contributed by atoms with E-state index in [-0.39, 0.29) is 7.46 Å². The normalized spacial score (nSPS) is 22.0. The highest BCUT2D eigenvalue weighted by atomic mass is 19.1. The molecule has 1 aromatic heterocycles. The second-order valence-electron chi connectivity index (χ2n) is 6.60. The van der Waals surface area contributed by atoms with E-state index in [2.05, 4.69) is 15.3 Å². The first-order chi connectivity index (χ1) is 11.6. The van der Waals surface area contributed by atoms with Crippen molar-refractivity contribution in [2.45, 2.75) is 32.2 Å². The fraction of sp³-hybridized carbons (Fsp3) is 0.389. The Labute approximate surface area is 141 Å². The average Bonchev–Trinajstić information content (AvgIpc) is 2.91. The molecule has 0 radical (unpaired) electrons. The third kappa shape index (κ3) is 2.62. The number of halogens is 1. The highest BCUT2D eigenvalue weighted by Crippen LogP contribution is 2.39. The molecule has 2 aromatic rings. The smallest absolute Gasteiger partial charge is 0.321 e. The first-order valence-corrected chi connectivity index (χ1v) is 8.28. The molecule has 1 saturated heterocycles. The van der Waals surface area contributed by atoms with Crippen LogP contribution in [-0.4, -0.2) is 33.5 Å². The summed E-state index contributed by atoms with van der Waals surface area (Å²) in [5.74, 6) is 0.673. The molecule has 2 atom stereocenters. The molecule has 24 heavy (non-hydrogen) atoms. The zero-order chi connectivity index (χ0) is 16.7. The van der Waals surface area contributed by atoms with E-state index in [4.69, 9.17) is 0 Å². The van der Waals surface area contributed by atoms with Crippen LogP contribution in [0.15, 0.2) is 30.6 Å². The lowest BCUT2D eigenvalue weighted by atomic mass is 9.92. The van der Waals surface area contributed by atoms with Gasteiger partial charge in [0.25, 0.3) is 0 Å². The number of anilines is 1. The molecular formula is C18H21FN4O. The van der Waals surface area contributed by atoms with Crippen molar-refractivity contribution in [2.24, 2.45) is 5.92 Å². The lowest BCUT2D eigenvalue weighted by molar-refractivity contribution is 0.0797. The molecule has 2 heterocycles. The van der Waals surface area contributed by atoms with Crippen LogP contribution in [0.4, 0.5) is 14.9 Å². The number of rotatable bonds is 2. The summed E-state index contributed by atoms with van der Waals surface area (Å²) in [6.07, 6.45) is 5.86. The van der Waals surface area contributed by atoms with Gasteiger partial charge >= 0.3 is 6.03 Å². The molecule has 1 aliphatic carbocycles. The Kier molecular flexibility index (Phi) is 3.67. The van der Waals surface area contributed by atoms with Gasteiger partial charge in [0.15, 0.2) is 11.6 Å². The molecule has 2 fully saturated rings. The number of fused-ring (bicyclic) bond motifs is 1. The number of carbonyl (C=O) groups is 1. The number of nitrogens with zero attached hydrogens (tertiary/aromatic N) is 3. The zero-order valence-electron chi connectivity index (χ0n) is 13.5. The summed E-state index contributed by atoms with van der Waals surface area (Å²) in [5.41, 5.74) is 2.46. The van der Waals surface area contributed by atoms with Crippen LogP contribution in [0, 0.1) is 18.7 Å². The van der Waals surface area contributed by atoms with E-state index in [1.807, 2.05) is 30.0 Å². The number of likely N-dealkylation sites (tertiary alicyclic amines) is 1. The molecule has 6 heteroatoms. The maximum absolute atomic E-state index is 13.0. The van der Waals surface area contributed by atoms with Crippen LogP contribution in [0.2, 0.25) is 0 Å². The number of carbonyl (C=O) groups excluding carboxylic acids is 1. The van der Waals surface area contributed by atoms with Crippen LogP contribution in [0.25, 0.3) is 11.4 Å². The van der Waals surface area contributed by atoms with Gasteiger partial charge in [0.05, 0.1) is 12.4 Å². The Morgan fingerprint density at radius 2 is 2.12 bits per heavy atom. The van der Waals surface area contributed by atoms with Gasteiger partial charge in [-0.05, 0) is 43.4 Å². The molecular weight excluding hydrogens is 307 g/mol. The van der Waals surface area contributed by atoms with E-state index in [0.29, 0.717) is 23.5 Å². The van der Waals surface area contributed by atoms with Crippen LogP contribution in [0.5, 0.6) is 0 Å². The Bertz CT molecular complexity index is 783. The first-order valence-electron chi connectivity index (χ1n) is 8.28. The molecule has 1 saturated carbocycles. The van der Waals surface area contributed by atoms with E-state index in [0.717, 1.165) is 36.5 Å². The predicted molar refractivity (Wildman–Crippen MR) is 91.1 cm³/mol. The third-order valence-corrected chi connectivity index (χ3v) is 5.06. The third-order valence-electron chi connectivity index (χ3n) is 5.06. The van der Waals surface area contributed by atoms with Crippen LogP contribution in [0.1, 0.15) is 26.3 Å². The Balaban J connectivity index is 0.00000182. The molecule has 1 N–H and O–H groups in total. The van der Waals surface area contributed by atoms with Crippen LogP contribution >= 0.6 is 0 Å². The number of hydrogen-bond donors (Lipinski definition) is 1. The maximum atomic E-state index is 13.0. The minimum absolute atomic E-state index is 0. The monoisotopic (exact) mass is 328 g/mol. The van der Waals surface area contributed by atoms with Crippen LogP contribution in [-0.2, 0) is 0 Å². The molecule has 1 aliphatic heterocycles. The van der Waals surface area contributed by atoms with Crippen molar-refractivity contribution < 1.29 is 10.6 Å². The molecule has 0 bridgehead atoms. The molecule has 4 rings (SSSR count). The van der Waals surface area contributed by atoms with Gasteiger partial charge in [-0.2, -0.15) is 0 Å². The van der Waals surface area contributed by atoms with E-state index in [1.165, 1.54) is 12.8 Å². The summed E-state index contributed by atoms with van der Waals surface area (Å²) < 4.78 is 13.0. The molecule has 2 amide bonds. The van der Waals surface area contributed by atoms with E-state index >= 15 is 0 Å². The van der Waals surface area contributed by atoms with Gasteiger partial charge in [-0.1, -0.05) is 12.5 Å². The summed E-state index contributed by atoms with van der Waals surface area (Å²) in [6.45, 7) is 2.79. The summed E-state index contributed by atoms with van der Waals surface area (Å²) in [5, 5.41) is 2.96. The number of aromatic nitrogens is 2. The standard InChI is InChI=1S/C18H19FN4O.H2/c1-11-5-6-14(7-15(11)17-20-8-13(19)9-21-17)22-18(24)23-10-12-3-2-4-16(12)23;/h5-9,12,16H,2-4,10H2,1H3,(H,22,24);1H/t12?,16-;/m0./s1. The van der Waals surface area contributed by atoms with E-state index < -0.39 is 5.82 Å². The fourth-order valence-corrected chi connectivity index (χ4v) is 3.71. The van der Waals surface area contributed by atoms with Gasteiger partial charge < -0.3 is 10.2 Å². The molecule has 2 aliphatic rings.